The van der Waals surface area contributed by atoms with Crippen LogP contribution in [0, 0.1) is 5.92 Å². The van der Waals surface area contributed by atoms with Crippen molar-refractivity contribution in [3.63, 3.8) is 0 Å². The van der Waals surface area contributed by atoms with Crippen molar-refractivity contribution in [2.24, 2.45) is 5.92 Å². The fourth-order valence-corrected chi connectivity index (χ4v) is 3.89. The van der Waals surface area contributed by atoms with Crippen molar-refractivity contribution >= 4 is 23.3 Å². The maximum absolute atomic E-state index is 12.3. The van der Waals surface area contributed by atoms with E-state index in [9.17, 15) is 9.59 Å². The molecule has 0 unspecified atom stereocenters. The van der Waals surface area contributed by atoms with Gasteiger partial charge in [0, 0.05) is 17.8 Å². The lowest BCUT2D eigenvalue weighted by Crippen LogP contribution is -2.37. The van der Waals surface area contributed by atoms with E-state index >= 15 is 0 Å². The summed E-state index contributed by atoms with van der Waals surface area (Å²) in [5.74, 6) is 0.489. The van der Waals surface area contributed by atoms with E-state index < -0.39 is 11.7 Å². The van der Waals surface area contributed by atoms with E-state index in [4.69, 9.17) is 4.74 Å². The Morgan fingerprint density at radius 2 is 2.04 bits per heavy atom. The first-order chi connectivity index (χ1) is 11.3. The van der Waals surface area contributed by atoms with Crippen molar-refractivity contribution in [1.29, 1.82) is 0 Å². The number of amides is 2. The van der Waals surface area contributed by atoms with E-state index in [1.54, 1.807) is 11.3 Å². The van der Waals surface area contributed by atoms with E-state index in [1.165, 1.54) is 30.6 Å². The van der Waals surface area contributed by atoms with Gasteiger partial charge in [0.05, 0.1) is 6.04 Å². The molecular weight excluding hydrogens is 324 g/mol. The molecule has 0 spiro atoms. The minimum absolute atomic E-state index is 0.0311. The van der Waals surface area contributed by atoms with Gasteiger partial charge in [-0.3, -0.25) is 4.79 Å². The molecule has 1 aliphatic carbocycles. The van der Waals surface area contributed by atoms with Crippen LogP contribution >= 0.6 is 11.3 Å². The second-order valence-electron chi connectivity index (χ2n) is 7.28. The van der Waals surface area contributed by atoms with Crippen LogP contribution in [0.3, 0.4) is 0 Å². The smallest absolute Gasteiger partial charge is 0.407 e. The average Bonchev–Trinajstić information content (AvgIpc) is 3.16. The molecule has 0 bridgehead atoms. The molecule has 0 aliphatic heterocycles. The molecule has 2 rings (SSSR count). The number of thiophene rings is 1. The van der Waals surface area contributed by atoms with Gasteiger partial charge in [0.15, 0.2) is 0 Å². The van der Waals surface area contributed by atoms with Gasteiger partial charge < -0.3 is 15.4 Å². The zero-order valence-electron chi connectivity index (χ0n) is 14.8. The molecule has 5 nitrogen and oxygen atoms in total. The number of rotatable bonds is 6. The first kappa shape index (κ1) is 18.8. The molecule has 1 atom stereocenters. The number of hydrogen-bond acceptors (Lipinski definition) is 4. The minimum Gasteiger partial charge on any atom is -0.444 e. The lowest BCUT2D eigenvalue weighted by atomic mass is 9.96. The predicted octanol–water partition coefficient (Wildman–Crippen LogP) is 4.01. The van der Waals surface area contributed by atoms with Crippen LogP contribution < -0.4 is 10.6 Å². The van der Waals surface area contributed by atoms with Gasteiger partial charge in [-0.2, -0.15) is 0 Å². The van der Waals surface area contributed by atoms with Crippen LogP contribution in [-0.4, -0.2) is 24.1 Å². The second kappa shape index (κ2) is 8.51. The quantitative estimate of drug-likeness (QED) is 0.813. The molecular formula is C18H28N2O3S. The van der Waals surface area contributed by atoms with E-state index in [0.29, 0.717) is 5.92 Å². The largest absolute Gasteiger partial charge is 0.444 e. The van der Waals surface area contributed by atoms with Gasteiger partial charge in [-0.05, 0) is 51.0 Å². The Morgan fingerprint density at radius 1 is 1.33 bits per heavy atom. The first-order valence-electron chi connectivity index (χ1n) is 8.65. The van der Waals surface area contributed by atoms with Crippen molar-refractivity contribution in [2.45, 2.75) is 64.5 Å². The van der Waals surface area contributed by atoms with E-state index in [-0.39, 0.29) is 24.9 Å². The number of carbonyl (C=O) groups is 2. The topological polar surface area (TPSA) is 67.4 Å². The maximum Gasteiger partial charge on any atom is 0.407 e. The minimum atomic E-state index is -0.529. The summed E-state index contributed by atoms with van der Waals surface area (Å²) < 4.78 is 5.16. The summed E-state index contributed by atoms with van der Waals surface area (Å²) in [5.41, 5.74) is -0.529. The maximum atomic E-state index is 12.3. The number of hydrogen-bond donors (Lipinski definition) is 2. The molecule has 1 fully saturated rings. The SMILES string of the molecule is CC(C)(C)OC(=O)NCCC(=O)N[C@@H](c1cccs1)C1CCCC1. The average molecular weight is 353 g/mol. The van der Waals surface area contributed by atoms with Gasteiger partial charge in [-0.15, -0.1) is 11.3 Å². The summed E-state index contributed by atoms with van der Waals surface area (Å²) in [7, 11) is 0. The Balaban J connectivity index is 1.79. The molecule has 2 N–H and O–H groups in total. The molecule has 1 heterocycles. The van der Waals surface area contributed by atoms with Crippen LogP contribution in [0.15, 0.2) is 17.5 Å². The van der Waals surface area contributed by atoms with Crippen molar-refractivity contribution in [1.82, 2.24) is 10.6 Å². The third kappa shape index (κ3) is 6.15. The van der Waals surface area contributed by atoms with Crippen molar-refractivity contribution in [3.05, 3.63) is 22.4 Å². The summed E-state index contributed by atoms with van der Waals surface area (Å²) in [4.78, 5) is 25.1. The molecule has 1 aromatic heterocycles. The standard InChI is InChI=1S/C18H28N2O3S/c1-18(2,3)23-17(22)19-11-10-15(21)20-16(13-7-4-5-8-13)14-9-6-12-24-14/h6,9,12-13,16H,4-5,7-8,10-11H2,1-3H3,(H,19,22)(H,20,21)/t16-/m1/s1. The Kier molecular flexibility index (Phi) is 6.66. The molecule has 2 amide bonds. The number of nitrogens with one attached hydrogen (secondary N) is 2. The number of carbonyl (C=O) groups excluding carboxylic acids is 2. The molecule has 1 saturated carbocycles. The highest BCUT2D eigenvalue weighted by Crippen LogP contribution is 2.37. The van der Waals surface area contributed by atoms with Gasteiger partial charge in [0.25, 0.3) is 0 Å². The molecule has 24 heavy (non-hydrogen) atoms. The molecule has 6 heteroatoms. The third-order valence-electron chi connectivity index (χ3n) is 4.06. The Bertz CT molecular complexity index is 531. The molecule has 0 saturated heterocycles. The third-order valence-corrected chi connectivity index (χ3v) is 5.01. The summed E-state index contributed by atoms with van der Waals surface area (Å²) in [6, 6.07) is 4.21. The van der Waals surface area contributed by atoms with Gasteiger partial charge in [0.1, 0.15) is 5.60 Å². The van der Waals surface area contributed by atoms with Gasteiger partial charge in [-0.1, -0.05) is 18.9 Å². The van der Waals surface area contributed by atoms with Gasteiger partial charge in [-0.25, -0.2) is 4.79 Å². The lowest BCUT2D eigenvalue weighted by Gasteiger charge is -2.24. The predicted molar refractivity (Wildman–Crippen MR) is 96.0 cm³/mol. The summed E-state index contributed by atoms with van der Waals surface area (Å²) >= 11 is 1.69. The second-order valence-corrected chi connectivity index (χ2v) is 8.26. The van der Waals surface area contributed by atoms with Crippen LogP contribution in [0.5, 0.6) is 0 Å². The van der Waals surface area contributed by atoms with Crippen LogP contribution in [0.4, 0.5) is 4.79 Å². The van der Waals surface area contributed by atoms with E-state index in [1.807, 2.05) is 32.2 Å². The van der Waals surface area contributed by atoms with Crippen LogP contribution in [0.1, 0.15) is 63.8 Å². The molecule has 0 aromatic carbocycles. The van der Waals surface area contributed by atoms with Crippen molar-refractivity contribution in [3.8, 4) is 0 Å². The van der Waals surface area contributed by atoms with Crippen molar-refractivity contribution in [2.75, 3.05) is 6.54 Å². The highest BCUT2D eigenvalue weighted by atomic mass is 32.1. The summed E-state index contributed by atoms with van der Waals surface area (Å²) in [5, 5.41) is 7.84. The fraction of sp³-hybridized carbons (Fsp3) is 0.667. The Morgan fingerprint density at radius 3 is 2.62 bits per heavy atom. The monoisotopic (exact) mass is 352 g/mol. The fourth-order valence-electron chi connectivity index (χ4n) is 3.02. The van der Waals surface area contributed by atoms with Crippen LogP contribution in [-0.2, 0) is 9.53 Å². The lowest BCUT2D eigenvalue weighted by molar-refractivity contribution is -0.122. The number of ether oxygens (including phenoxy) is 1. The molecule has 1 aliphatic rings. The van der Waals surface area contributed by atoms with Gasteiger partial charge in [0.2, 0.25) is 5.91 Å². The highest BCUT2D eigenvalue weighted by molar-refractivity contribution is 7.10. The Labute approximate surface area is 148 Å². The van der Waals surface area contributed by atoms with Gasteiger partial charge >= 0.3 is 6.09 Å². The van der Waals surface area contributed by atoms with Crippen molar-refractivity contribution < 1.29 is 14.3 Å². The summed E-state index contributed by atoms with van der Waals surface area (Å²) in [6.07, 6.45) is 4.58. The highest BCUT2D eigenvalue weighted by Gasteiger charge is 2.28. The van der Waals surface area contributed by atoms with Crippen LogP contribution in [0.25, 0.3) is 0 Å². The molecule has 134 valence electrons. The van der Waals surface area contributed by atoms with E-state index in [2.05, 4.69) is 16.7 Å². The molecule has 1 aromatic rings. The Hall–Kier alpha value is -1.56. The summed E-state index contributed by atoms with van der Waals surface area (Å²) in [6.45, 7) is 5.72. The zero-order valence-corrected chi connectivity index (χ0v) is 15.6. The normalized spacial score (nSPS) is 16.6. The number of alkyl carbamates (subject to hydrolysis) is 1. The zero-order chi connectivity index (χ0) is 17.6. The van der Waals surface area contributed by atoms with E-state index in [0.717, 1.165) is 0 Å². The van der Waals surface area contributed by atoms with Crippen LogP contribution in [0.2, 0.25) is 0 Å². The molecule has 0 radical (unpaired) electrons. The first-order valence-corrected chi connectivity index (χ1v) is 9.53.